The van der Waals surface area contributed by atoms with Crippen molar-refractivity contribution in [2.45, 2.75) is 58.8 Å². The van der Waals surface area contributed by atoms with Gasteiger partial charge in [-0.05, 0) is 30.1 Å². The van der Waals surface area contributed by atoms with Gasteiger partial charge in [0, 0.05) is 0 Å². The van der Waals surface area contributed by atoms with Crippen molar-refractivity contribution < 1.29 is 0 Å². The van der Waals surface area contributed by atoms with Gasteiger partial charge in [-0.3, -0.25) is 0 Å². The lowest BCUT2D eigenvalue weighted by atomic mass is 9.74. The second kappa shape index (κ2) is 4.02. The van der Waals surface area contributed by atoms with Crippen LogP contribution in [0.5, 0.6) is 0 Å². The second-order valence-electron chi connectivity index (χ2n) is 5.65. The van der Waals surface area contributed by atoms with Crippen LogP contribution in [0, 0.1) is 23.7 Å². The maximum Gasteiger partial charge on any atom is -0.0411 e. The Labute approximate surface area is 83.1 Å². The minimum Gasteiger partial charge on any atom is -0.0623 e. The van der Waals surface area contributed by atoms with Crippen molar-refractivity contribution in [1.29, 1.82) is 0 Å². The Bertz CT molecular complexity index is 157. The molecule has 0 aliphatic heterocycles. The largest absolute Gasteiger partial charge is 0.0623 e. The van der Waals surface area contributed by atoms with Gasteiger partial charge in [0.05, 0.1) is 0 Å². The molecular weight excluding hydrogens is 156 g/mol. The van der Waals surface area contributed by atoms with Crippen molar-refractivity contribution in [2.75, 3.05) is 0 Å². The predicted octanol–water partition coefficient (Wildman–Crippen LogP) is 4.25. The molecule has 0 heterocycles. The van der Waals surface area contributed by atoms with Gasteiger partial charge >= 0.3 is 0 Å². The van der Waals surface area contributed by atoms with E-state index in [1.807, 2.05) is 0 Å². The summed E-state index contributed by atoms with van der Waals surface area (Å²) in [5, 5.41) is 0. The van der Waals surface area contributed by atoms with Gasteiger partial charge in [0.15, 0.2) is 0 Å². The second-order valence-corrected chi connectivity index (χ2v) is 5.65. The van der Waals surface area contributed by atoms with Crippen LogP contribution in [0.3, 0.4) is 0 Å². The van der Waals surface area contributed by atoms with Crippen LogP contribution >= 0.6 is 0 Å². The van der Waals surface area contributed by atoms with Crippen molar-refractivity contribution in [2.24, 2.45) is 23.7 Å². The molecule has 0 radical (unpaired) electrons. The van der Waals surface area contributed by atoms with Gasteiger partial charge in [0.2, 0.25) is 0 Å². The lowest BCUT2D eigenvalue weighted by Gasteiger charge is -2.32. The molecule has 2 aliphatic carbocycles. The number of hydrogen-bond donors (Lipinski definition) is 0. The summed E-state index contributed by atoms with van der Waals surface area (Å²) in [6.07, 6.45) is 10.7. The quantitative estimate of drug-likeness (QED) is 0.609. The van der Waals surface area contributed by atoms with E-state index < -0.39 is 0 Å². The molecule has 0 aromatic heterocycles. The highest BCUT2D eigenvalue weighted by molar-refractivity contribution is 4.79. The first-order valence-corrected chi connectivity index (χ1v) is 6.25. The van der Waals surface area contributed by atoms with E-state index >= 15 is 0 Å². The van der Waals surface area contributed by atoms with Crippen LogP contribution in [0.1, 0.15) is 58.8 Å². The van der Waals surface area contributed by atoms with E-state index in [1.165, 1.54) is 19.3 Å². The standard InChI is InChI=1S/C13H24/c1-10-3-4-13(9-11(10)2)8-7-12-5-6-12/h10-13H,3-9H2,1-2H3. The molecule has 0 saturated heterocycles. The highest BCUT2D eigenvalue weighted by atomic mass is 14.3. The van der Waals surface area contributed by atoms with Crippen molar-refractivity contribution in [1.82, 2.24) is 0 Å². The highest BCUT2D eigenvalue weighted by Crippen LogP contribution is 2.40. The SMILES string of the molecule is CC1CCC(CCC2CC2)CC1C. The molecule has 2 aliphatic rings. The molecule has 2 fully saturated rings. The Kier molecular flexibility index (Phi) is 2.96. The van der Waals surface area contributed by atoms with Crippen molar-refractivity contribution >= 4 is 0 Å². The third-order valence-corrected chi connectivity index (χ3v) is 4.39. The fourth-order valence-electron chi connectivity index (χ4n) is 2.80. The summed E-state index contributed by atoms with van der Waals surface area (Å²) in [6.45, 7) is 4.88. The highest BCUT2D eigenvalue weighted by Gasteiger charge is 2.27. The van der Waals surface area contributed by atoms with Crippen molar-refractivity contribution in [3.63, 3.8) is 0 Å². The summed E-state index contributed by atoms with van der Waals surface area (Å²) < 4.78 is 0. The third-order valence-electron chi connectivity index (χ3n) is 4.39. The molecule has 3 unspecified atom stereocenters. The normalized spacial score (nSPS) is 40.6. The molecule has 13 heavy (non-hydrogen) atoms. The Morgan fingerprint density at radius 1 is 0.769 bits per heavy atom. The summed E-state index contributed by atoms with van der Waals surface area (Å²) in [7, 11) is 0. The summed E-state index contributed by atoms with van der Waals surface area (Å²) in [5.74, 6) is 4.23. The lowest BCUT2D eigenvalue weighted by Crippen LogP contribution is -2.20. The summed E-state index contributed by atoms with van der Waals surface area (Å²) in [5.41, 5.74) is 0. The zero-order valence-electron chi connectivity index (χ0n) is 9.26. The summed E-state index contributed by atoms with van der Waals surface area (Å²) in [4.78, 5) is 0. The van der Waals surface area contributed by atoms with Gasteiger partial charge in [0.25, 0.3) is 0 Å². The average Bonchev–Trinajstić information content (AvgIpc) is 2.91. The summed E-state index contributed by atoms with van der Waals surface area (Å²) >= 11 is 0. The van der Waals surface area contributed by atoms with E-state index in [0.717, 1.165) is 23.7 Å². The average molecular weight is 180 g/mol. The first-order valence-electron chi connectivity index (χ1n) is 6.25. The molecule has 0 heteroatoms. The zero-order valence-corrected chi connectivity index (χ0v) is 9.26. The molecule has 0 N–H and O–H groups in total. The fraction of sp³-hybridized carbons (Fsp3) is 1.00. The molecule has 0 amide bonds. The Balaban J connectivity index is 1.68. The maximum absolute atomic E-state index is 2.45. The summed E-state index contributed by atoms with van der Waals surface area (Å²) in [6, 6.07) is 0. The molecule has 0 aromatic rings. The molecule has 0 bridgehead atoms. The molecular formula is C13H24. The van der Waals surface area contributed by atoms with Crippen molar-refractivity contribution in [3.05, 3.63) is 0 Å². The molecule has 76 valence electrons. The van der Waals surface area contributed by atoms with Crippen LogP contribution in [-0.4, -0.2) is 0 Å². The minimum absolute atomic E-state index is 0.997. The van der Waals surface area contributed by atoms with Gasteiger partial charge in [-0.2, -0.15) is 0 Å². The van der Waals surface area contributed by atoms with Gasteiger partial charge in [0.1, 0.15) is 0 Å². The van der Waals surface area contributed by atoms with E-state index in [1.54, 1.807) is 25.7 Å². The van der Waals surface area contributed by atoms with Gasteiger partial charge < -0.3 is 0 Å². The Morgan fingerprint density at radius 3 is 2.00 bits per heavy atom. The van der Waals surface area contributed by atoms with E-state index in [2.05, 4.69) is 13.8 Å². The first-order chi connectivity index (χ1) is 6.25. The first kappa shape index (κ1) is 9.55. The Hall–Kier alpha value is 0. The van der Waals surface area contributed by atoms with E-state index in [0.29, 0.717) is 0 Å². The fourth-order valence-corrected chi connectivity index (χ4v) is 2.80. The zero-order chi connectivity index (χ0) is 9.26. The maximum atomic E-state index is 2.45. The third kappa shape index (κ3) is 2.72. The molecule has 0 aromatic carbocycles. The van der Waals surface area contributed by atoms with Crippen LogP contribution in [0.4, 0.5) is 0 Å². The van der Waals surface area contributed by atoms with Gasteiger partial charge in [-0.25, -0.2) is 0 Å². The van der Waals surface area contributed by atoms with Crippen LogP contribution in [0.15, 0.2) is 0 Å². The molecule has 3 atom stereocenters. The van der Waals surface area contributed by atoms with Crippen LogP contribution in [0.2, 0.25) is 0 Å². The van der Waals surface area contributed by atoms with Gasteiger partial charge in [-0.1, -0.05) is 52.4 Å². The minimum atomic E-state index is 0.997. The smallest absolute Gasteiger partial charge is 0.0411 e. The number of hydrogen-bond acceptors (Lipinski definition) is 0. The van der Waals surface area contributed by atoms with E-state index in [4.69, 9.17) is 0 Å². The molecule has 2 rings (SSSR count). The van der Waals surface area contributed by atoms with Crippen LogP contribution in [-0.2, 0) is 0 Å². The van der Waals surface area contributed by atoms with E-state index in [9.17, 15) is 0 Å². The lowest BCUT2D eigenvalue weighted by molar-refractivity contribution is 0.196. The topological polar surface area (TPSA) is 0 Å². The molecule has 0 spiro atoms. The number of rotatable bonds is 3. The monoisotopic (exact) mass is 180 g/mol. The van der Waals surface area contributed by atoms with Crippen LogP contribution < -0.4 is 0 Å². The Morgan fingerprint density at radius 2 is 1.38 bits per heavy atom. The molecule has 2 saturated carbocycles. The predicted molar refractivity (Wildman–Crippen MR) is 57.6 cm³/mol. The van der Waals surface area contributed by atoms with Crippen LogP contribution in [0.25, 0.3) is 0 Å². The van der Waals surface area contributed by atoms with Crippen molar-refractivity contribution in [3.8, 4) is 0 Å². The van der Waals surface area contributed by atoms with Gasteiger partial charge in [-0.15, -0.1) is 0 Å². The van der Waals surface area contributed by atoms with E-state index in [-0.39, 0.29) is 0 Å². The molecule has 0 nitrogen and oxygen atoms in total.